The zero-order valence-electron chi connectivity index (χ0n) is 19.7. The molecule has 2 aromatic carbocycles. The van der Waals surface area contributed by atoms with Gasteiger partial charge >= 0.3 is 12.0 Å². The van der Waals surface area contributed by atoms with Crippen molar-refractivity contribution in [2.45, 2.75) is 33.1 Å². The first-order valence-electron chi connectivity index (χ1n) is 11.6. The van der Waals surface area contributed by atoms with Crippen LogP contribution in [-0.2, 0) is 22.4 Å². The quantitative estimate of drug-likeness (QED) is 0.471. The van der Waals surface area contributed by atoms with Crippen LogP contribution in [0.4, 0.5) is 10.5 Å². The van der Waals surface area contributed by atoms with Gasteiger partial charge in [0.1, 0.15) is 0 Å². The van der Waals surface area contributed by atoms with Gasteiger partial charge in [0.25, 0.3) is 5.91 Å². The number of nitrogens with zero attached hydrogens (tertiary/aromatic N) is 1. The van der Waals surface area contributed by atoms with E-state index >= 15 is 0 Å². The van der Waals surface area contributed by atoms with Crippen LogP contribution in [0.5, 0.6) is 11.5 Å². The Morgan fingerprint density at radius 1 is 0.971 bits per heavy atom. The topological polar surface area (TPSA) is 116 Å². The summed E-state index contributed by atoms with van der Waals surface area (Å²) in [7, 11) is 0. The summed E-state index contributed by atoms with van der Waals surface area (Å²) in [4.78, 5) is 42.1. The van der Waals surface area contributed by atoms with Gasteiger partial charge in [0.15, 0.2) is 18.1 Å². The Labute approximate surface area is 202 Å². The van der Waals surface area contributed by atoms with Gasteiger partial charge in [-0.05, 0) is 56.9 Å². The molecule has 0 bridgehead atoms. The van der Waals surface area contributed by atoms with Crippen molar-refractivity contribution in [1.29, 1.82) is 0 Å². The number of hydrogen-bond acceptors (Lipinski definition) is 7. The molecule has 0 radical (unpaired) electrons. The predicted molar refractivity (Wildman–Crippen MR) is 130 cm³/mol. The highest BCUT2D eigenvalue weighted by Crippen LogP contribution is 2.31. The summed E-state index contributed by atoms with van der Waals surface area (Å²) in [5, 5.41) is 5.42. The van der Waals surface area contributed by atoms with E-state index in [4.69, 9.17) is 14.2 Å². The number of anilines is 1. The van der Waals surface area contributed by atoms with Gasteiger partial charge in [-0.2, -0.15) is 0 Å². The van der Waals surface area contributed by atoms with Crippen molar-refractivity contribution in [3.05, 3.63) is 59.3 Å². The predicted octanol–water partition coefficient (Wildman–Crippen LogP) is 4.03. The van der Waals surface area contributed by atoms with E-state index in [1.807, 2.05) is 38.1 Å². The molecule has 1 aromatic heterocycles. The lowest BCUT2D eigenvalue weighted by molar-refractivity contribution is -0.123. The van der Waals surface area contributed by atoms with E-state index in [-0.39, 0.29) is 0 Å². The van der Waals surface area contributed by atoms with Crippen molar-refractivity contribution in [3.63, 3.8) is 0 Å². The monoisotopic (exact) mass is 477 g/mol. The van der Waals surface area contributed by atoms with E-state index in [1.54, 1.807) is 18.2 Å². The Hall–Kier alpha value is -4.14. The van der Waals surface area contributed by atoms with Crippen LogP contribution in [0.3, 0.4) is 0 Å². The standard InChI is InChI=1S/C26H27N3O6/c1-3-33-21-13-12-16(14-22(21)34-4-2)27-26(32)29-23(30)15-35-25(31)24-17-8-5-6-10-19(17)28-20-11-7-9-18(20)24/h5-6,8,10,12-14H,3-4,7,9,11,15H2,1-2H3,(H2,27,29,30,32). The summed E-state index contributed by atoms with van der Waals surface area (Å²) in [6, 6.07) is 11.5. The molecule has 0 saturated heterocycles. The largest absolute Gasteiger partial charge is 0.490 e. The molecular weight excluding hydrogens is 450 g/mol. The van der Waals surface area contributed by atoms with E-state index in [1.165, 1.54) is 0 Å². The molecule has 0 atom stereocenters. The zero-order valence-corrected chi connectivity index (χ0v) is 19.7. The normalized spacial score (nSPS) is 12.1. The minimum absolute atomic E-state index is 0.415. The summed E-state index contributed by atoms with van der Waals surface area (Å²) in [5.74, 6) is -0.324. The van der Waals surface area contributed by atoms with E-state index in [0.717, 1.165) is 30.5 Å². The number of rotatable bonds is 8. The van der Waals surface area contributed by atoms with E-state index < -0.39 is 24.5 Å². The number of nitrogens with one attached hydrogen (secondary N) is 2. The lowest BCUT2D eigenvalue weighted by Crippen LogP contribution is -2.37. The molecule has 1 aliphatic carbocycles. The van der Waals surface area contributed by atoms with Gasteiger partial charge in [0.05, 0.1) is 24.3 Å². The van der Waals surface area contributed by atoms with Gasteiger partial charge < -0.3 is 19.5 Å². The number of amides is 3. The van der Waals surface area contributed by atoms with E-state index in [0.29, 0.717) is 46.9 Å². The van der Waals surface area contributed by atoms with Crippen LogP contribution in [0, 0.1) is 0 Å². The fourth-order valence-electron chi connectivity index (χ4n) is 4.10. The lowest BCUT2D eigenvalue weighted by Gasteiger charge is -2.13. The first-order chi connectivity index (χ1) is 17.0. The summed E-state index contributed by atoms with van der Waals surface area (Å²) in [6.07, 6.45) is 2.45. The first-order valence-corrected chi connectivity index (χ1v) is 11.6. The van der Waals surface area contributed by atoms with E-state index in [2.05, 4.69) is 15.6 Å². The first kappa shape index (κ1) is 24.0. The average molecular weight is 478 g/mol. The second kappa shape index (κ2) is 10.9. The number of hydrogen-bond donors (Lipinski definition) is 2. The van der Waals surface area contributed by atoms with Crippen LogP contribution in [0.2, 0.25) is 0 Å². The second-order valence-corrected chi connectivity index (χ2v) is 7.89. The lowest BCUT2D eigenvalue weighted by atomic mass is 10.0. The van der Waals surface area contributed by atoms with Gasteiger partial charge in [-0.25, -0.2) is 9.59 Å². The van der Waals surface area contributed by atoms with Crippen LogP contribution in [0.25, 0.3) is 10.9 Å². The number of para-hydroxylation sites is 1. The molecule has 3 amide bonds. The molecule has 2 N–H and O–H groups in total. The number of urea groups is 1. The number of imide groups is 1. The Bertz CT molecular complexity index is 1270. The van der Waals surface area contributed by atoms with Gasteiger partial charge in [-0.15, -0.1) is 0 Å². The Morgan fingerprint density at radius 3 is 2.54 bits per heavy atom. The molecule has 0 aliphatic heterocycles. The summed E-state index contributed by atoms with van der Waals surface area (Å²) in [5.41, 5.74) is 3.33. The number of esters is 1. The number of ether oxygens (including phenoxy) is 3. The van der Waals surface area contributed by atoms with E-state index in [9.17, 15) is 14.4 Å². The van der Waals surface area contributed by atoms with Crippen LogP contribution < -0.4 is 20.1 Å². The Morgan fingerprint density at radius 2 is 1.74 bits per heavy atom. The molecule has 3 aromatic rings. The van der Waals surface area contributed by atoms with Gasteiger partial charge in [-0.1, -0.05) is 18.2 Å². The molecule has 9 heteroatoms. The number of carbonyl (C=O) groups is 3. The molecule has 4 rings (SSSR count). The highest BCUT2D eigenvalue weighted by molar-refractivity contribution is 6.06. The average Bonchev–Trinajstić information content (AvgIpc) is 3.31. The van der Waals surface area contributed by atoms with Crippen molar-refractivity contribution in [2.75, 3.05) is 25.1 Å². The summed E-state index contributed by atoms with van der Waals surface area (Å²) < 4.78 is 16.3. The van der Waals surface area contributed by atoms with Crippen molar-refractivity contribution >= 4 is 34.5 Å². The highest BCUT2D eigenvalue weighted by atomic mass is 16.5. The maximum Gasteiger partial charge on any atom is 0.339 e. The molecule has 182 valence electrons. The van der Waals surface area contributed by atoms with Crippen molar-refractivity contribution in [2.24, 2.45) is 0 Å². The number of carbonyl (C=O) groups excluding carboxylic acids is 3. The smallest absolute Gasteiger partial charge is 0.339 e. The van der Waals surface area contributed by atoms with Crippen LogP contribution in [-0.4, -0.2) is 42.7 Å². The molecule has 0 unspecified atom stereocenters. The Balaban J connectivity index is 1.37. The maximum absolute atomic E-state index is 12.9. The molecule has 9 nitrogen and oxygen atoms in total. The molecule has 1 heterocycles. The van der Waals surface area contributed by atoms with Gasteiger partial charge in [-0.3, -0.25) is 15.1 Å². The van der Waals surface area contributed by atoms with Crippen LogP contribution >= 0.6 is 0 Å². The second-order valence-electron chi connectivity index (χ2n) is 7.89. The number of fused-ring (bicyclic) bond motifs is 2. The minimum Gasteiger partial charge on any atom is -0.490 e. The van der Waals surface area contributed by atoms with Crippen molar-refractivity contribution < 1.29 is 28.6 Å². The third-order valence-corrected chi connectivity index (χ3v) is 5.51. The molecule has 35 heavy (non-hydrogen) atoms. The third-order valence-electron chi connectivity index (χ3n) is 5.51. The van der Waals surface area contributed by atoms with Crippen LogP contribution in [0.15, 0.2) is 42.5 Å². The minimum atomic E-state index is -0.757. The van der Waals surface area contributed by atoms with Crippen molar-refractivity contribution in [1.82, 2.24) is 10.3 Å². The molecular formula is C26H27N3O6. The summed E-state index contributed by atoms with van der Waals surface area (Å²) >= 11 is 0. The molecule has 1 aliphatic rings. The highest BCUT2D eigenvalue weighted by Gasteiger charge is 2.25. The fourth-order valence-corrected chi connectivity index (χ4v) is 4.10. The molecule has 0 fully saturated rings. The van der Waals surface area contributed by atoms with Gasteiger partial charge in [0, 0.05) is 22.8 Å². The molecule has 0 saturated carbocycles. The third kappa shape index (κ3) is 5.51. The number of aromatic nitrogens is 1. The van der Waals surface area contributed by atoms with Crippen LogP contribution in [0.1, 0.15) is 41.9 Å². The van der Waals surface area contributed by atoms with Crippen molar-refractivity contribution in [3.8, 4) is 11.5 Å². The maximum atomic E-state index is 12.9. The zero-order chi connectivity index (χ0) is 24.8. The number of pyridine rings is 1. The number of aryl methyl sites for hydroxylation is 1. The summed E-state index contributed by atoms with van der Waals surface area (Å²) in [6.45, 7) is 4.00. The Kier molecular flexibility index (Phi) is 7.45. The SMILES string of the molecule is CCOc1ccc(NC(=O)NC(=O)COC(=O)c2c3c(nc4ccccc24)CCC3)cc1OCC. The molecule has 0 spiro atoms. The number of benzene rings is 2. The van der Waals surface area contributed by atoms with Gasteiger partial charge in [0.2, 0.25) is 0 Å². The fraction of sp³-hybridized carbons (Fsp3) is 0.308.